The smallest absolute Gasteiger partial charge is 0.370 e. The van der Waals surface area contributed by atoms with Crippen LogP contribution >= 0.6 is 0 Å². The van der Waals surface area contributed by atoms with Crippen molar-refractivity contribution in [1.82, 2.24) is 5.32 Å². The van der Waals surface area contributed by atoms with Crippen LogP contribution in [-0.4, -0.2) is 48.2 Å². The highest BCUT2D eigenvalue weighted by molar-refractivity contribution is 6.70. The van der Waals surface area contributed by atoms with Crippen molar-refractivity contribution >= 4 is 8.56 Å². The molecule has 1 aliphatic rings. The Morgan fingerprint density at radius 1 is 1.04 bits per heavy atom. The molecule has 0 radical (unpaired) electrons. The first kappa shape index (κ1) is 19.6. The number of hydrogen-bond acceptors (Lipinski definition) is 4. The number of rotatable bonds is 10. The second kappa shape index (κ2) is 9.68. The molecule has 4 nitrogen and oxygen atoms in total. The molecule has 0 aromatic heterocycles. The summed E-state index contributed by atoms with van der Waals surface area (Å²) in [5, 5.41) is 3.36. The molecule has 0 aliphatic carbocycles. The Bertz CT molecular complexity index is 467. The molecule has 2 rings (SSSR count). The SMILES string of the molecule is COC1(CCCNCCc2ccccc2)CCCC[Si]1(OC)OC. The molecule has 0 amide bonds. The van der Waals surface area contributed by atoms with Crippen LogP contribution in [0.3, 0.4) is 0 Å². The molecular weight excluding hydrogens is 318 g/mol. The van der Waals surface area contributed by atoms with E-state index in [2.05, 4.69) is 35.6 Å². The molecule has 1 fully saturated rings. The summed E-state index contributed by atoms with van der Waals surface area (Å²) in [6, 6.07) is 11.7. The van der Waals surface area contributed by atoms with E-state index in [9.17, 15) is 0 Å². The maximum atomic E-state index is 6.04. The van der Waals surface area contributed by atoms with Crippen molar-refractivity contribution in [3.05, 3.63) is 35.9 Å². The lowest BCUT2D eigenvalue weighted by molar-refractivity contribution is -0.0156. The Balaban J connectivity index is 1.78. The topological polar surface area (TPSA) is 39.7 Å². The van der Waals surface area contributed by atoms with Crippen LogP contribution in [0.15, 0.2) is 30.3 Å². The van der Waals surface area contributed by atoms with Crippen LogP contribution in [0.25, 0.3) is 0 Å². The van der Waals surface area contributed by atoms with E-state index in [-0.39, 0.29) is 5.22 Å². The van der Waals surface area contributed by atoms with E-state index >= 15 is 0 Å². The molecule has 1 N–H and O–H groups in total. The van der Waals surface area contributed by atoms with Crippen LogP contribution in [0.1, 0.15) is 37.7 Å². The van der Waals surface area contributed by atoms with E-state index in [1.807, 2.05) is 7.11 Å². The van der Waals surface area contributed by atoms with Crippen LogP contribution in [0, 0.1) is 0 Å². The second-order valence-corrected chi connectivity index (χ2v) is 10.4. The van der Waals surface area contributed by atoms with Gasteiger partial charge in [0, 0.05) is 21.3 Å². The van der Waals surface area contributed by atoms with Gasteiger partial charge in [0.2, 0.25) is 0 Å². The fourth-order valence-electron chi connectivity index (χ4n) is 4.02. The van der Waals surface area contributed by atoms with Gasteiger partial charge in [-0.3, -0.25) is 0 Å². The maximum Gasteiger partial charge on any atom is 0.370 e. The first-order chi connectivity index (χ1) is 11.7. The molecule has 1 aromatic rings. The summed E-state index contributed by atoms with van der Waals surface area (Å²) in [7, 11) is 3.14. The highest BCUT2D eigenvalue weighted by Crippen LogP contribution is 2.42. The predicted molar refractivity (Wildman–Crippen MR) is 100 cm³/mol. The van der Waals surface area contributed by atoms with Gasteiger partial charge in [0.1, 0.15) is 5.22 Å². The molecule has 5 heteroatoms. The Kier molecular flexibility index (Phi) is 7.91. The summed E-state index contributed by atoms with van der Waals surface area (Å²) in [5.74, 6) is 0. The highest BCUT2D eigenvalue weighted by Gasteiger charge is 2.58. The molecule has 0 saturated carbocycles. The minimum atomic E-state index is -2.28. The first-order valence-corrected chi connectivity index (χ1v) is 11.1. The third-order valence-electron chi connectivity index (χ3n) is 5.45. The summed E-state index contributed by atoms with van der Waals surface area (Å²) in [6.07, 6.45) is 6.62. The number of benzene rings is 1. The second-order valence-electron chi connectivity index (χ2n) is 6.66. The monoisotopic (exact) mass is 351 g/mol. The molecule has 136 valence electrons. The standard InChI is InChI=1S/C19H33NO3Si/c1-21-19(13-7-8-17-24(19,22-2)23-3)14-9-15-20-16-12-18-10-5-4-6-11-18/h4-6,10-11,20H,7-9,12-17H2,1-3H3. The van der Waals surface area contributed by atoms with Gasteiger partial charge in [0.25, 0.3) is 0 Å². The van der Waals surface area contributed by atoms with Gasteiger partial charge in [0.15, 0.2) is 0 Å². The van der Waals surface area contributed by atoms with Gasteiger partial charge in [-0.15, -0.1) is 0 Å². The third kappa shape index (κ3) is 4.46. The minimum absolute atomic E-state index is 0.199. The van der Waals surface area contributed by atoms with Gasteiger partial charge in [-0.05, 0) is 50.4 Å². The van der Waals surface area contributed by atoms with Crippen molar-refractivity contribution in [2.24, 2.45) is 0 Å². The summed E-state index contributed by atoms with van der Waals surface area (Å²) in [4.78, 5) is 0. The van der Waals surface area contributed by atoms with Crippen LogP contribution in [0.5, 0.6) is 0 Å². The molecule has 1 aliphatic heterocycles. The fourth-order valence-corrected chi connectivity index (χ4v) is 7.94. The van der Waals surface area contributed by atoms with Gasteiger partial charge in [-0.1, -0.05) is 43.2 Å². The van der Waals surface area contributed by atoms with Gasteiger partial charge < -0.3 is 18.9 Å². The van der Waals surface area contributed by atoms with Crippen LogP contribution in [0.4, 0.5) is 0 Å². The van der Waals surface area contributed by atoms with E-state index in [0.29, 0.717) is 0 Å². The Hall–Kier alpha value is -0.723. The lowest BCUT2D eigenvalue weighted by atomic mass is 10.1. The number of hydrogen-bond donors (Lipinski definition) is 1. The zero-order chi connectivity index (χ0) is 17.3. The first-order valence-electron chi connectivity index (χ1n) is 9.12. The van der Waals surface area contributed by atoms with Crippen molar-refractivity contribution < 1.29 is 13.6 Å². The molecule has 1 unspecified atom stereocenters. The number of ether oxygens (including phenoxy) is 1. The van der Waals surface area contributed by atoms with Gasteiger partial charge in [0.05, 0.1) is 0 Å². The van der Waals surface area contributed by atoms with Crippen molar-refractivity contribution in [3.8, 4) is 0 Å². The third-order valence-corrected chi connectivity index (χ3v) is 9.87. The van der Waals surface area contributed by atoms with Gasteiger partial charge >= 0.3 is 8.56 Å². The lowest BCUT2D eigenvalue weighted by Crippen LogP contribution is -2.64. The van der Waals surface area contributed by atoms with Gasteiger partial charge in [-0.2, -0.15) is 0 Å². The molecule has 24 heavy (non-hydrogen) atoms. The highest BCUT2D eigenvalue weighted by atomic mass is 28.4. The lowest BCUT2D eigenvalue weighted by Gasteiger charge is -2.48. The average molecular weight is 352 g/mol. The summed E-state index contributed by atoms with van der Waals surface area (Å²) in [6.45, 7) is 2.02. The minimum Gasteiger partial charge on any atom is -0.396 e. The van der Waals surface area contributed by atoms with Crippen LogP contribution in [0.2, 0.25) is 6.04 Å². The average Bonchev–Trinajstić information content (AvgIpc) is 2.65. The van der Waals surface area contributed by atoms with E-state index < -0.39 is 8.56 Å². The van der Waals surface area contributed by atoms with Gasteiger partial charge in [-0.25, -0.2) is 0 Å². The molecule has 1 atom stereocenters. The summed E-state index contributed by atoms with van der Waals surface area (Å²) < 4.78 is 17.9. The normalized spacial score (nSPS) is 23.3. The fraction of sp³-hybridized carbons (Fsp3) is 0.684. The van der Waals surface area contributed by atoms with E-state index in [1.165, 1.54) is 18.4 Å². The largest absolute Gasteiger partial charge is 0.396 e. The van der Waals surface area contributed by atoms with Crippen molar-refractivity contribution in [2.45, 2.75) is 49.8 Å². The van der Waals surface area contributed by atoms with Crippen LogP contribution < -0.4 is 5.32 Å². The zero-order valence-corrected chi connectivity index (χ0v) is 16.5. The van der Waals surface area contributed by atoms with Crippen LogP contribution in [-0.2, 0) is 20.0 Å². The molecule has 1 heterocycles. The molecular formula is C19H33NO3Si. The van der Waals surface area contributed by atoms with Crippen molar-refractivity contribution in [2.75, 3.05) is 34.4 Å². The molecule has 1 saturated heterocycles. The van der Waals surface area contributed by atoms with Crippen molar-refractivity contribution in [1.29, 1.82) is 0 Å². The zero-order valence-electron chi connectivity index (χ0n) is 15.5. The van der Waals surface area contributed by atoms with E-state index in [4.69, 9.17) is 13.6 Å². The summed E-state index contributed by atoms with van der Waals surface area (Å²) >= 11 is 0. The Labute approximate surface area is 148 Å². The number of methoxy groups -OCH3 is 1. The Morgan fingerprint density at radius 3 is 2.46 bits per heavy atom. The molecule has 0 spiro atoms. The number of nitrogens with one attached hydrogen (secondary N) is 1. The van der Waals surface area contributed by atoms with Crippen molar-refractivity contribution in [3.63, 3.8) is 0 Å². The van der Waals surface area contributed by atoms with E-state index in [0.717, 1.165) is 44.8 Å². The quantitative estimate of drug-likeness (QED) is 0.518. The maximum absolute atomic E-state index is 6.04. The Morgan fingerprint density at radius 2 is 1.79 bits per heavy atom. The predicted octanol–water partition coefficient (Wildman–Crippen LogP) is 3.44. The summed E-state index contributed by atoms with van der Waals surface area (Å²) in [5.41, 5.74) is 1.39. The molecule has 1 aromatic carbocycles. The van der Waals surface area contributed by atoms with E-state index in [1.54, 1.807) is 14.2 Å². The molecule has 0 bridgehead atoms.